The van der Waals surface area contributed by atoms with Crippen LogP contribution in [0.4, 0.5) is 0 Å². The van der Waals surface area contributed by atoms with E-state index in [9.17, 15) is 0 Å². The third-order valence-electron chi connectivity index (χ3n) is 3.55. The lowest BCUT2D eigenvalue weighted by molar-refractivity contribution is 0.672. The van der Waals surface area contributed by atoms with Crippen LogP contribution in [0.5, 0.6) is 0 Å². The summed E-state index contributed by atoms with van der Waals surface area (Å²) in [5.41, 5.74) is 0. The van der Waals surface area contributed by atoms with Crippen LogP contribution in [0.15, 0.2) is 11.0 Å². The van der Waals surface area contributed by atoms with E-state index in [2.05, 4.69) is 38.7 Å². The van der Waals surface area contributed by atoms with Crippen molar-refractivity contribution >= 4 is 11.8 Å². The quantitative estimate of drug-likeness (QED) is 0.253. The van der Waals surface area contributed by atoms with Gasteiger partial charge >= 0.3 is 0 Å². The Hall–Kier alpha value is -0.350. The van der Waals surface area contributed by atoms with E-state index in [1.54, 1.807) is 0 Å². The summed E-state index contributed by atoms with van der Waals surface area (Å²) in [7, 11) is 0. The smallest absolute Gasteiger partial charge is 0.00922 e. The molecule has 0 fully saturated rings. The maximum atomic E-state index is 3.33. The summed E-state index contributed by atoms with van der Waals surface area (Å²) in [5.74, 6) is 7.88. The molecule has 0 radical (unpaired) electrons. The maximum absolute atomic E-state index is 3.33. The van der Waals surface area contributed by atoms with Crippen LogP contribution in [-0.2, 0) is 0 Å². The summed E-state index contributed by atoms with van der Waals surface area (Å²) in [4.78, 5) is 1.51. The minimum absolute atomic E-state index is 1.07. The van der Waals surface area contributed by atoms with Crippen molar-refractivity contribution in [2.24, 2.45) is 0 Å². The van der Waals surface area contributed by atoms with E-state index in [0.717, 1.165) is 6.42 Å². The molecule has 0 atom stereocenters. The number of allylic oxidation sites excluding steroid dienone is 2. The number of hydrogen-bond donors (Lipinski definition) is 0. The fourth-order valence-corrected chi connectivity index (χ4v) is 3.23. The normalized spacial score (nSPS) is 11.3. The lowest BCUT2D eigenvalue weighted by atomic mass is 10.1. The van der Waals surface area contributed by atoms with Gasteiger partial charge in [-0.15, -0.1) is 11.8 Å². The summed E-state index contributed by atoms with van der Waals surface area (Å²) in [6.07, 6.45) is 17.8. The van der Waals surface area contributed by atoms with Crippen LogP contribution < -0.4 is 0 Å². The first-order chi connectivity index (χ1) is 10.3. The average molecular weight is 309 g/mol. The number of hydrogen-bond acceptors (Lipinski definition) is 1. The summed E-state index contributed by atoms with van der Waals surface area (Å²) < 4.78 is 0. The van der Waals surface area contributed by atoms with Crippen molar-refractivity contribution in [3.05, 3.63) is 11.0 Å². The highest BCUT2D eigenvalue weighted by atomic mass is 32.2. The van der Waals surface area contributed by atoms with Crippen LogP contribution in [0.25, 0.3) is 0 Å². The topological polar surface area (TPSA) is 0 Å². The number of thioether (sulfide) groups is 1. The molecule has 1 heteroatoms. The van der Waals surface area contributed by atoms with E-state index in [0.29, 0.717) is 0 Å². The van der Waals surface area contributed by atoms with Gasteiger partial charge in [-0.1, -0.05) is 77.6 Å². The molecule has 21 heavy (non-hydrogen) atoms. The molecule has 0 aliphatic heterocycles. The second-order valence-corrected chi connectivity index (χ2v) is 6.98. The summed E-state index contributed by atoms with van der Waals surface area (Å²) >= 11 is 2.03. The minimum atomic E-state index is 1.07. The van der Waals surface area contributed by atoms with Gasteiger partial charge < -0.3 is 0 Å². The van der Waals surface area contributed by atoms with Gasteiger partial charge in [-0.25, -0.2) is 0 Å². The second kappa shape index (κ2) is 17.7. The highest BCUT2D eigenvalue weighted by Crippen LogP contribution is 2.23. The zero-order valence-electron chi connectivity index (χ0n) is 14.7. The average Bonchev–Trinajstić information content (AvgIpc) is 2.50. The summed E-state index contributed by atoms with van der Waals surface area (Å²) in [6.45, 7) is 6.80. The van der Waals surface area contributed by atoms with Gasteiger partial charge in [0.1, 0.15) is 0 Å². The van der Waals surface area contributed by atoms with Gasteiger partial charge in [0, 0.05) is 6.42 Å². The Balaban J connectivity index is 4.03. The lowest BCUT2D eigenvalue weighted by Crippen LogP contribution is -1.84. The molecule has 0 aromatic rings. The molecular weight excluding hydrogens is 272 g/mol. The highest BCUT2D eigenvalue weighted by molar-refractivity contribution is 8.03. The summed E-state index contributed by atoms with van der Waals surface area (Å²) in [6, 6.07) is 0. The molecule has 0 bridgehead atoms. The molecule has 122 valence electrons. The molecule has 0 rings (SSSR count). The molecule has 0 amide bonds. The molecule has 0 saturated heterocycles. The van der Waals surface area contributed by atoms with Crippen molar-refractivity contribution in [3.8, 4) is 11.8 Å². The fraction of sp³-hybridized carbons (Fsp3) is 0.800. The van der Waals surface area contributed by atoms with Crippen molar-refractivity contribution in [2.75, 3.05) is 5.75 Å². The van der Waals surface area contributed by atoms with Gasteiger partial charge in [-0.3, -0.25) is 0 Å². The minimum Gasteiger partial charge on any atom is -0.130 e. The van der Waals surface area contributed by atoms with Crippen LogP contribution in [0, 0.1) is 11.8 Å². The molecule has 0 nitrogen and oxygen atoms in total. The van der Waals surface area contributed by atoms with Crippen LogP contribution in [0.3, 0.4) is 0 Å². The molecule has 0 aromatic heterocycles. The van der Waals surface area contributed by atoms with Gasteiger partial charge in [-0.2, -0.15) is 0 Å². The third-order valence-corrected chi connectivity index (χ3v) is 4.74. The van der Waals surface area contributed by atoms with E-state index in [-0.39, 0.29) is 0 Å². The standard InChI is InChI=1S/C20H36S/c1-4-7-10-12-13-14-16-18-20(21-19-9-6-3)17-15-11-8-5-2/h18H,4-13,15,17,19H2,1-3H3/b20-18-. The first-order valence-electron chi connectivity index (χ1n) is 9.15. The Morgan fingerprint density at radius 2 is 1.48 bits per heavy atom. The first-order valence-corrected chi connectivity index (χ1v) is 10.1. The van der Waals surface area contributed by atoms with E-state index >= 15 is 0 Å². The van der Waals surface area contributed by atoms with E-state index in [1.807, 2.05) is 11.8 Å². The van der Waals surface area contributed by atoms with Gasteiger partial charge in [0.15, 0.2) is 0 Å². The lowest BCUT2D eigenvalue weighted by Gasteiger charge is -2.05. The van der Waals surface area contributed by atoms with Crippen molar-refractivity contribution in [3.63, 3.8) is 0 Å². The SMILES string of the molecule is CCCCCCC#C/C=C(/CCCCCC)SCCCC. The van der Waals surface area contributed by atoms with Gasteiger partial charge in [0.2, 0.25) is 0 Å². The van der Waals surface area contributed by atoms with Crippen molar-refractivity contribution in [1.29, 1.82) is 0 Å². The van der Waals surface area contributed by atoms with E-state index < -0.39 is 0 Å². The van der Waals surface area contributed by atoms with Crippen LogP contribution in [0.2, 0.25) is 0 Å². The first kappa shape index (κ1) is 20.6. The Morgan fingerprint density at radius 1 is 0.810 bits per heavy atom. The molecule has 0 heterocycles. The maximum Gasteiger partial charge on any atom is 0.00922 e. The number of unbranched alkanes of at least 4 members (excludes halogenated alkanes) is 8. The number of rotatable bonds is 13. The Kier molecular flexibility index (Phi) is 17.4. The van der Waals surface area contributed by atoms with Crippen molar-refractivity contribution in [2.45, 2.75) is 97.8 Å². The van der Waals surface area contributed by atoms with E-state index in [1.165, 1.54) is 81.3 Å². The zero-order chi connectivity index (χ0) is 15.6. The predicted octanol–water partition coefficient (Wildman–Crippen LogP) is 7.35. The van der Waals surface area contributed by atoms with Crippen molar-refractivity contribution in [1.82, 2.24) is 0 Å². The molecule has 0 aromatic carbocycles. The molecule has 0 aliphatic carbocycles. The van der Waals surface area contributed by atoms with E-state index in [4.69, 9.17) is 0 Å². The molecule has 0 spiro atoms. The fourth-order valence-electron chi connectivity index (χ4n) is 2.10. The van der Waals surface area contributed by atoms with Gasteiger partial charge in [-0.05, 0) is 42.4 Å². The second-order valence-electron chi connectivity index (χ2n) is 5.76. The Morgan fingerprint density at radius 3 is 2.14 bits per heavy atom. The molecule has 0 unspecified atom stereocenters. The molecule has 0 saturated carbocycles. The molecular formula is C20H36S. The Bertz CT molecular complexity index is 293. The Labute approximate surface area is 138 Å². The van der Waals surface area contributed by atoms with Crippen LogP contribution in [0.1, 0.15) is 97.8 Å². The zero-order valence-corrected chi connectivity index (χ0v) is 15.5. The van der Waals surface area contributed by atoms with Crippen LogP contribution in [-0.4, -0.2) is 5.75 Å². The largest absolute Gasteiger partial charge is 0.130 e. The summed E-state index contributed by atoms with van der Waals surface area (Å²) in [5, 5.41) is 0. The molecule has 0 aliphatic rings. The highest BCUT2D eigenvalue weighted by Gasteiger charge is 1.98. The predicted molar refractivity (Wildman–Crippen MR) is 101 cm³/mol. The van der Waals surface area contributed by atoms with Gasteiger partial charge in [0.25, 0.3) is 0 Å². The van der Waals surface area contributed by atoms with Gasteiger partial charge in [0.05, 0.1) is 0 Å². The van der Waals surface area contributed by atoms with Crippen molar-refractivity contribution < 1.29 is 0 Å². The molecule has 0 N–H and O–H groups in total. The third kappa shape index (κ3) is 15.9. The monoisotopic (exact) mass is 308 g/mol. The van der Waals surface area contributed by atoms with Crippen LogP contribution >= 0.6 is 11.8 Å².